The van der Waals surface area contributed by atoms with Crippen molar-refractivity contribution in [3.63, 3.8) is 0 Å². The van der Waals surface area contributed by atoms with Gasteiger partial charge in [0.15, 0.2) is 0 Å². The van der Waals surface area contributed by atoms with Gasteiger partial charge < -0.3 is 20.9 Å². The highest BCUT2D eigenvalue weighted by Gasteiger charge is 2.35. The van der Waals surface area contributed by atoms with Crippen molar-refractivity contribution in [3.05, 3.63) is 93.9 Å². The minimum absolute atomic E-state index is 0.00438. The van der Waals surface area contributed by atoms with Gasteiger partial charge in [0.05, 0.1) is 25.8 Å². The fourth-order valence-corrected chi connectivity index (χ4v) is 7.06. The zero-order valence-corrected chi connectivity index (χ0v) is 24.8. The van der Waals surface area contributed by atoms with E-state index in [1.165, 1.54) is 11.3 Å². The molecule has 1 atom stereocenters. The molecule has 2 fully saturated rings. The van der Waals surface area contributed by atoms with Crippen molar-refractivity contribution in [2.24, 2.45) is 0 Å². The normalized spacial score (nSPS) is 16.7. The van der Waals surface area contributed by atoms with Gasteiger partial charge in [-0.15, -0.1) is 22.7 Å². The molecule has 3 amide bonds. The highest BCUT2D eigenvalue weighted by molar-refractivity contribution is 7.18. The molecule has 2 aromatic heterocycles. The van der Waals surface area contributed by atoms with Crippen molar-refractivity contribution in [3.8, 4) is 10.4 Å². The minimum Gasteiger partial charge on any atom is -0.352 e. The minimum atomic E-state index is -0.147. The molecule has 0 aliphatic carbocycles. The summed E-state index contributed by atoms with van der Waals surface area (Å²) in [6.07, 6.45) is 4.96. The number of benzene rings is 2. The molecule has 0 unspecified atom stereocenters. The number of carbonyl (C=O) groups excluding carboxylic acids is 3. The number of carbonyl (C=O) groups is 3. The highest BCUT2D eigenvalue weighted by Crippen LogP contribution is 2.36. The van der Waals surface area contributed by atoms with E-state index in [4.69, 9.17) is 0 Å². The van der Waals surface area contributed by atoms with Gasteiger partial charge in [-0.3, -0.25) is 14.4 Å². The molecule has 2 aliphatic rings. The molecule has 3 N–H and O–H groups in total. The molecule has 0 saturated carbocycles. The van der Waals surface area contributed by atoms with E-state index < -0.39 is 0 Å². The SMILES string of the molecule is O=C(CCc1ccccc1)NCc1ccc(-c2cnc(C3CN(C(=O)c4ccc(NC(=O)[C@@H]5CCCN5)s4)C3)s2)cc1. The number of likely N-dealkylation sites (tertiary alicyclic amines) is 1. The fourth-order valence-electron chi connectivity index (χ4n) is 5.18. The van der Waals surface area contributed by atoms with Crippen molar-refractivity contribution in [1.82, 2.24) is 20.5 Å². The largest absolute Gasteiger partial charge is 0.352 e. The first kappa shape index (κ1) is 28.3. The van der Waals surface area contributed by atoms with E-state index in [1.54, 1.807) is 23.5 Å². The lowest BCUT2D eigenvalue weighted by atomic mass is 10.0. The summed E-state index contributed by atoms with van der Waals surface area (Å²) in [5, 5.41) is 10.9. The summed E-state index contributed by atoms with van der Waals surface area (Å²) in [7, 11) is 0. The molecule has 2 saturated heterocycles. The molecular formula is C32H33N5O3S2. The van der Waals surface area contributed by atoms with Crippen LogP contribution in [0.15, 0.2) is 72.9 Å². The van der Waals surface area contributed by atoms with Crippen LogP contribution in [0.3, 0.4) is 0 Å². The van der Waals surface area contributed by atoms with E-state index in [1.807, 2.05) is 53.6 Å². The van der Waals surface area contributed by atoms with Crippen LogP contribution in [0.5, 0.6) is 0 Å². The van der Waals surface area contributed by atoms with Crippen LogP contribution in [-0.2, 0) is 22.6 Å². The number of amides is 3. The molecule has 0 radical (unpaired) electrons. The molecule has 216 valence electrons. The van der Waals surface area contributed by atoms with Crippen molar-refractivity contribution in [2.45, 2.75) is 44.2 Å². The Morgan fingerprint density at radius 3 is 2.52 bits per heavy atom. The maximum Gasteiger partial charge on any atom is 0.264 e. The average molecular weight is 600 g/mol. The number of aromatic nitrogens is 1. The number of anilines is 1. The molecule has 6 rings (SSSR count). The molecule has 8 nitrogen and oxygen atoms in total. The molecule has 0 bridgehead atoms. The Hall–Kier alpha value is -3.86. The van der Waals surface area contributed by atoms with Crippen molar-refractivity contribution in [1.29, 1.82) is 0 Å². The molecule has 4 aromatic rings. The lowest BCUT2D eigenvalue weighted by Gasteiger charge is -2.37. The van der Waals surface area contributed by atoms with Gasteiger partial charge in [-0.1, -0.05) is 54.6 Å². The second-order valence-electron chi connectivity index (χ2n) is 10.7. The van der Waals surface area contributed by atoms with Crippen molar-refractivity contribution in [2.75, 3.05) is 25.0 Å². The first-order valence-electron chi connectivity index (χ1n) is 14.3. The third-order valence-corrected chi connectivity index (χ3v) is 9.89. The number of thiazole rings is 1. The summed E-state index contributed by atoms with van der Waals surface area (Å²) in [5.74, 6) is 0.236. The topological polar surface area (TPSA) is 103 Å². The third-order valence-electron chi connectivity index (χ3n) is 7.69. The molecular weight excluding hydrogens is 567 g/mol. The van der Waals surface area contributed by atoms with Gasteiger partial charge in [0.1, 0.15) is 0 Å². The number of hydrogen-bond donors (Lipinski definition) is 3. The Morgan fingerprint density at radius 2 is 1.76 bits per heavy atom. The number of thiophene rings is 1. The van der Waals surface area contributed by atoms with E-state index in [-0.39, 0.29) is 29.7 Å². The Labute approximate surface area is 253 Å². The Morgan fingerprint density at radius 1 is 0.952 bits per heavy atom. The zero-order chi connectivity index (χ0) is 28.9. The van der Waals surface area contributed by atoms with Gasteiger partial charge in [0.2, 0.25) is 11.8 Å². The second-order valence-corrected chi connectivity index (χ2v) is 12.9. The Balaban J connectivity index is 0.956. The fraction of sp³-hybridized carbons (Fsp3) is 0.312. The highest BCUT2D eigenvalue weighted by atomic mass is 32.1. The number of aryl methyl sites for hydroxylation is 1. The second kappa shape index (κ2) is 13.0. The lowest BCUT2D eigenvalue weighted by Crippen LogP contribution is -2.48. The van der Waals surface area contributed by atoms with Gasteiger partial charge >= 0.3 is 0 Å². The first-order valence-corrected chi connectivity index (χ1v) is 15.9. The van der Waals surface area contributed by atoms with Crippen molar-refractivity contribution < 1.29 is 14.4 Å². The van der Waals surface area contributed by atoms with Crippen LogP contribution in [0.2, 0.25) is 0 Å². The van der Waals surface area contributed by atoms with E-state index in [0.29, 0.717) is 35.9 Å². The van der Waals surface area contributed by atoms with Crippen LogP contribution < -0.4 is 16.0 Å². The van der Waals surface area contributed by atoms with Gasteiger partial charge in [-0.25, -0.2) is 4.98 Å². The molecule has 2 aromatic carbocycles. The monoisotopic (exact) mass is 599 g/mol. The zero-order valence-electron chi connectivity index (χ0n) is 23.2. The maximum absolute atomic E-state index is 13.0. The smallest absolute Gasteiger partial charge is 0.264 e. The van der Waals surface area contributed by atoms with Crippen LogP contribution in [0.4, 0.5) is 5.00 Å². The first-order chi connectivity index (χ1) is 20.5. The van der Waals surface area contributed by atoms with E-state index in [2.05, 4.69) is 33.1 Å². The van der Waals surface area contributed by atoms with Crippen LogP contribution in [-0.4, -0.2) is 53.3 Å². The van der Waals surface area contributed by atoms with Crippen molar-refractivity contribution >= 4 is 45.4 Å². The van der Waals surface area contributed by atoms with E-state index in [0.717, 1.165) is 52.4 Å². The number of nitrogens with zero attached hydrogens (tertiary/aromatic N) is 2. The number of nitrogens with one attached hydrogen (secondary N) is 3. The maximum atomic E-state index is 13.0. The molecule has 42 heavy (non-hydrogen) atoms. The summed E-state index contributed by atoms with van der Waals surface area (Å²) in [6, 6.07) is 21.7. The molecule has 2 aliphatic heterocycles. The van der Waals surface area contributed by atoms with Crippen LogP contribution >= 0.6 is 22.7 Å². The van der Waals surface area contributed by atoms with Crippen LogP contribution in [0.1, 0.15) is 51.0 Å². The van der Waals surface area contributed by atoms with Gasteiger partial charge in [-0.05, 0) is 54.6 Å². The molecule has 0 spiro atoms. The Kier molecular flexibility index (Phi) is 8.73. The quantitative estimate of drug-likeness (QED) is 0.237. The van der Waals surface area contributed by atoms with Crippen LogP contribution in [0, 0.1) is 0 Å². The standard InChI is InChI=1S/C32H33N5O3S2/c38-28(14-10-21-5-2-1-3-6-21)34-17-22-8-11-23(12-9-22)27-18-35-31(42-27)24-19-37(20-24)32(40)26-13-15-29(41-26)36-30(39)25-7-4-16-33-25/h1-3,5-6,8-9,11-13,15,18,24-25,33H,4,7,10,14,16-17,19-20H2,(H,34,38)(H,36,39)/t25-/m0/s1. The van der Waals surface area contributed by atoms with Gasteiger partial charge in [0.25, 0.3) is 5.91 Å². The summed E-state index contributed by atoms with van der Waals surface area (Å²) >= 11 is 2.99. The van der Waals surface area contributed by atoms with E-state index in [9.17, 15) is 14.4 Å². The van der Waals surface area contributed by atoms with E-state index >= 15 is 0 Å². The van der Waals surface area contributed by atoms with Gasteiger partial charge in [0, 0.05) is 38.2 Å². The Bertz CT molecular complexity index is 1540. The summed E-state index contributed by atoms with van der Waals surface area (Å²) in [6.45, 7) is 2.65. The predicted molar refractivity (Wildman–Crippen MR) is 167 cm³/mol. The van der Waals surface area contributed by atoms with Gasteiger partial charge in [-0.2, -0.15) is 0 Å². The number of hydrogen-bond acceptors (Lipinski definition) is 7. The lowest BCUT2D eigenvalue weighted by molar-refractivity contribution is -0.121. The summed E-state index contributed by atoms with van der Waals surface area (Å²) in [5.41, 5.74) is 3.31. The van der Waals surface area contributed by atoms with Crippen LogP contribution in [0.25, 0.3) is 10.4 Å². The predicted octanol–water partition coefficient (Wildman–Crippen LogP) is 5.05. The average Bonchev–Trinajstić information content (AvgIpc) is 3.78. The summed E-state index contributed by atoms with van der Waals surface area (Å²) in [4.78, 5) is 45.8. The molecule has 10 heteroatoms. The summed E-state index contributed by atoms with van der Waals surface area (Å²) < 4.78 is 0. The third kappa shape index (κ3) is 6.78. The number of rotatable bonds is 10. The molecule has 4 heterocycles.